The van der Waals surface area contributed by atoms with Crippen LogP contribution in [0.5, 0.6) is 5.19 Å². The second kappa shape index (κ2) is 11.0. The lowest BCUT2D eigenvalue weighted by Crippen LogP contribution is -2.38. The van der Waals surface area contributed by atoms with Gasteiger partial charge in [0.15, 0.2) is 6.61 Å². The first-order valence-corrected chi connectivity index (χ1v) is 13.9. The first-order chi connectivity index (χ1) is 17.7. The molecule has 1 fully saturated rings. The third-order valence-electron chi connectivity index (χ3n) is 7.39. The Bertz CT molecular complexity index is 1250. The number of alkyl halides is 2. The van der Waals surface area contributed by atoms with E-state index in [0.717, 1.165) is 92.3 Å². The van der Waals surface area contributed by atoms with Gasteiger partial charge in [-0.2, -0.15) is 0 Å². The van der Waals surface area contributed by atoms with Crippen molar-refractivity contribution in [2.45, 2.75) is 70.9 Å². The highest BCUT2D eigenvalue weighted by molar-refractivity contribution is 7.13. The standard InChI is InChI=1S/C28H34F2N4O2S/c1-18-6-11-21-22(4-3-5-23(21)31-18)26(35)32-20-9-7-19(8-10-20)12-14-34-15-13-25-24(16-34)33-27(37-25)36-17-28(2,29)30/h3-6,11,19-20H,7-10,12-17H2,1-2H3,(H,32,35). The van der Waals surface area contributed by atoms with Gasteiger partial charge in [0.2, 0.25) is 0 Å². The number of aryl methyl sites for hydroxylation is 1. The summed E-state index contributed by atoms with van der Waals surface area (Å²) in [6.45, 7) is 4.89. The Kier molecular flexibility index (Phi) is 7.72. The zero-order valence-electron chi connectivity index (χ0n) is 21.4. The molecule has 1 aliphatic heterocycles. The normalized spacial score (nSPS) is 20.5. The monoisotopic (exact) mass is 528 g/mol. The molecule has 1 N–H and O–H groups in total. The number of benzene rings is 1. The van der Waals surface area contributed by atoms with E-state index in [0.29, 0.717) is 16.7 Å². The minimum atomic E-state index is -2.85. The molecule has 198 valence electrons. The van der Waals surface area contributed by atoms with Crippen LogP contribution in [-0.2, 0) is 13.0 Å². The first kappa shape index (κ1) is 26.0. The van der Waals surface area contributed by atoms with Gasteiger partial charge < -0.3 is 10.1 Å². The van der Waals surface area contributed by atoms with E-state index in [1.54, 1.807) is 0 Å². The molecule has 37 heavy (non-hydrogen) atoms. The van der Waals surface area contributed by atoms with Crippen LogP contribution in [-0.4, -0.2) is 52.4 Å². The zero-order chi connectivity index (χ0) is 26.0. The summed E-state index contributed by atoms with van der Waals surface area (Å²) in [5.41, 5.74) is 3.45. The number of carbonyl (C=O) groups excluding carboxylic acids is 1. The summed E-state index contributed by atoms with van der Waals surface area (Å²) >= 11 is 1.40. The number of thiazole rings is 1. The summed E-state index contributed by atoms with van der Waals surface area (Å²) in [6, 6.07) is 9.85. The van der Waals surface area contributed by atoms with E-state index in [-0.39, 0.29) is 11.9 Å². The average Bonchev–Trinajstić information content (AvgIpc) is 3.28. The van der Waals surface area contributed by atoms with Gasteiger partial charge in [-0.25, -0.2) is 13.8 Å². The van der Waals surface area contributed by atoms with Gasteiger partial charge in [0.05, 0.1) is 11.2 Å². The molecule has 5 rings (SSSR count). The van der Waals surface area contributed by atoms with Gasteiger partial charge in [-0.3, -0.25) is 14.7 Å². The molecule has 0 bridgehead atoms. The van der Waals surface area contributed by atoms with Crippen molar-refractivity contribution in [3.8, 4) is 5.19 Å². The molecular weight excluding hydrogens is 494 g/mol. The van der Waals surface area contributed by atoms with E-state index in [4.69, 9.17) is 4.74 Å². The van der Waals surface area contributed by atoms with Crippen molar-refractivity contribution in [2.75, 3.05) is 19.7 Å². The van der Waals surface area contributed by atoms with Crippen LogP contribution in [0.4, 0.5) is 8.78 Å². The number of rotatable bonds is 8. The predicted molar refractivity (Wildman–Crippen MR) is 142 cm³/mol. The molecule has 1 amide bonds. The van der Waals surface area contributed by atoms with Crippen LogP contribution >= 0.6 is 11.3 Å². The molecule has 1 aromatic carbocycles. The van der Waals surface area contributed by atoms with Crippen LogP contribution in [0.3, 0.4) is 0 Å². The van der Waals surface area contributed by atoms with E-state index in [2.05, 4.69) is 20.2 Å². The molecule has 2 aliphatic rings. The fraction of sp³-hybridized carbons (Fsp3) is 0.536. The minimum Gasteiger partial charge on any atom is -0.464 e. The molecule has 6 nitrogen and oxygen atoms in total. The molecule has 1 aliphatic carbocycles. The summed E-state index contributed by atoms with van der Waals surface area (Å²) in [5, 5.41) is 4.50. The Hall–Kier alpha value is -2.65. The highest BCUT2D eigenvalue weighted by atomic mass is 32.1. The third-order valence-corrected chi connectivity index (χ3v) is 8.46. The van der Waals surface area contributed by atoms with Crippen LogP contribution in [0.1, 0.15) is 65.7 Å². The largest absolute Gasteiger partial charge is 0.464 e. The van der Waals surface area contributed by atoms with E-state index in [1.165, 1.54) is 11.3 Å². The van der Waals surface area contributed by atoms with Gasteiger partial charge in [0, 0.05) is 47.6 Å². The highest BCUT2D eigenvalue weighted by Gasteiger charge is 2.27. The number of nitrogens with zero attached hydrogens (tertiary/aromatic N) is 3. The van der Waals surface area contributed by atoms with Crippen LogP contribution in [0.15, 0.2) is 30.3 Å². The number of nitrogens with one attached hydrogen (secondary N) is 1. The van der Waals surface area contributed by atoms with Crippen molar-refractivity contribution in [3.63, 3.8) is 0 Å². The number of ether oxygens (including phenoxy) is 1. The van der Waals surface area contributed by atoms with Crippen molar-refractivity contribution in [1.82, 2.24) is 20.2 Å². The third kappa shape index (κ3) is 6.62. The quantitative estimate of drug-likeness (QED) is 0.402. The van der Waals surface area contributed by atoms with E-state index >= 15 is 0 Å². The first-order valence-electron chi connectivity index (χ1n) is 13.1. The number of hydrogen-bond donors (Lipinski definition) is 1. The second-order valence-electron chi connectivity index (χ2n) is 10.5. The smallest absolute Gasteiger partial charge is 0.278 e. The van der Waals surface area contributed by atoms with Gasteiger partial charge in [-0.15, -0.1) is 0 Å². The molecule has 0 saturated heterocycles. The van der Waals surface area contributed by atoms with E-state index < -0.39 is 12.5 Å². The fourth-order valence-corrected chi connectivity index (χ4v) is 6.25. The van der Waals surface area contributed by atoms with Gasteiger partial charge in [-0.1, -0.05) is 23.5 Å². The van der Waals surface area contributed by atoms with Crippen molar-refractivity contribution in [3.05, 3.63) is 52.2 Å². The van der Waals surface area contributed by atoms with Gasteiger partial charge in [0.25, 0.3) is 17.0 Å². The maximum Gasteiger partial charge on any atom is 0.278 e. The number of aromatic nitrogens is 2. The van der Waals surface area contributed by atoms with Crippen LogP contribution < -0.4 is 10.1 Å². The Morgan fingerprint density at radius 2 is 2.00 bits per heavy atom. The van der Waals surface area contributed by atoms with E-state index in [9.17, 15) is 13.6 Å². The van der Waals surface area contributed by atoms with Crippen molar-refractivity contribution >= 4 is 28.1 Å². The number of fused-ring (bicyclic) bond motifs is 2. The second-order valence-corrected chi connectivity index (χ2v) is 11.6. The average molecular weight is 529 g/mol. The fourth-order valence-electron chi connectivity index (χ4n) is 5.35. The molecule has 1 saturated carbocycles. The van der Waals surface area contributed by atoms with Crippen molar-refractivity contribution in [1.29, 1.82) is 0 Å². The van der Waals surface area contributed by atoms with E-state index in [1.807, 2.05) is 37.3 Å². The van der Waals surface area contributed by atoms with Gasteiger partial charge >= 0.3 is 0 Å². The summed E-state index contributed by atoms with van der Waals surface area (Å²) in [6.07, 6.45) is 6.23. The lowest BCUT2D eigenvalue weighted by molar-refractivity contribution is -0.0230. The van der Waals surface area contributed by atoms with Crippen LogP contribution in [0.2, 0.25) is 0 Å². The molecule has 9 heteroatoms. The molecule has 0 atom stereocenters. The molecular formula is C28H34F2N4O2S. The predicted octanol–water partition coefficient (Wildman–Crippen LogP) is 5.77. The number of carbonyl (C=O) groups is 1. The zero-order valence-corrected chi connectivity index (χ0v) is 22.3. The highest BCUT2D eigenvalue weighted by Crippen LogP contribution is 2.32. The van der Waals surface area contributed by atoms with Gasteiger partial charge in [-0.05, 0) is 76.1 Å². The van der Waals surface area contributed by atoms with Crippen molar-refractivity contribution in [2.24, 2.45) is 5.92 Å². The molecule has 2 aromatic heterocycles. The number of amides is 1. The maximum absolute atomic E-state index is 13.1. The van der Waals surface area contributed by atoms with Crippen LogP contribution in [0, 0.1) is 12.8 Å². The summed E-state index contributed by atoms with van der Waals surface area (Å²) in [5.74, 6) is -2.22. The minimum absolute atomic E-state index is 0.0157. The topological polar surface area (TPSA) is 67.4 Å². The molecule has 0 unspecified atom stereocenters. The van der Waals surface area contributed by atoms with Crippen molar-refractivity contribution < 1.29 is 18.3 Å². The Labute approximate surface area is 220 Å². The lowest BCUT2D eigenvalue weighted by Gasteiger charge is -2.32. The summed E-state index contributed by atoms with van der Waals surface area (Å²) in [7, 11) is 0. The maximum atomic E-state index is 13.1. The Morgan fingerprint density at radius 3 is 2.78 bits per heavy atom. The number of hydrogen-bond acceptors (Lipinski definition) is 6. The Balaban J connectivity index is 1.07. The lowest BCUT2D eigenvalue weighted by atomic mass is 9.84. The Morgan fingerprint density at radius 1 is 1.19 bits per heavy atom. The van der Waals surface area contributed by atoms with Gasteiger partial charge in [0.1, 0.15) is 0 Å². The summed E-state index contributed by atoms with van der Waals surface area (Å²) in [4.78, 5) is 25.6. The van der Waals surface area contributed by atoms with Crippen LogP contribution in [0.25, 0.3) is 10.9 Å². The number of halogens is 2. The molecule has 3 heterocycles. The SMILES string of the molecule is Cc1ccc2c(C(=O)NC3CCC(CCN4CCc5sc(OCC(C)(F)F)nc5C4)CC3)cccc2n1. The molecule has 0 radical (unpaired) electrons. The number of pyridine rings is 1. The molecule has 3 aromatic rings. The summed E-state index contributed by atoms with van der Waals surface area (Å²) < 4.78 is 31.4. The molecule has 0 spiro atoms.